The van der Waals surface area contributed by atoms with Crippen molar-refractivity contribution in [3.63, 3.8) is 0 Å². The van der Waals surface area contributed by atoms with E-state index in [2.05, 4.69) is 13.8 Å². The summed E-state index contributed by atoms with van der Waals surface area (Å²) >= 11 is 0. The van der Waals surface area contributed by atoms with Crippen LogP contribution in [0.3, 0.4) is 0 Å². The Morgan fingerprint density at radius 1 is 1.00 bits per heavy atom. The molecule has 0 saturated carbocycles. The molecule has 0 radical (unpaired) electrons. The molecule has 0 fully saturated rings. The molecule has 0 N–H and O–H groups in total. The summed E-state index contributed by atoms with van der Waals surface area (Å²) in [6.45, 7) is 9.39. The molecule has 0 aliphatic carbocycles. The van der Waals surface area contributed by atoms with Gasteiger partial charge in [-0.1, -0.05) is 33.1 Å². The fourth-order valence-corrected chi connectivity index (χ4v) is 1.86. The standard InChI is InChI=1S/C16H32O4/c1-4-7-9-15(5-2)14-20-16(17)10-8-11-19-13-12-18-6-3/h15H,4-14H2,1-3H3. The molecule has 0 spiro atoms. The Labute approximate surface area is 124 Å². The van der Waals surface area contributed by atoms with E-state index in [1.807, 2.05) is 6.92 Å². The van der Waals surface area contributed by atoms with Crippen LogP contribution in [0.2, 0.25) is 0 Å². The van der Waals surface area contributed by atoms with Gasteiger partial charge in [0.25, 0.3) is 0 Å². The van der Waals surface area contributed by atoms with E-state index >= 15 is 0 Å². The summed E-state index contributed by atoms with van der Waals surface area (Å²) in [6, 6.07) is 0. The quantitative estimate of drug-likeness (QED) is 0.362. The second-order valence-electron chi connectivity index (χ2n) is 5.01. The van der Waals surface area contributed by atoms with Crippen molar-refractivity contribution in [1.82, 2.24) is 0 Å². The summed E-state index contributed by atoms with van der Waals surface area (Å²) in [5, 5.41) is 0. The van der Waals surface area contributed by atoms with Crippen LogP contribution >= 0.6 is 0 Å². The van der Waals surface area contributed by atoms with Gasteiger partial charge in [-0.05, 0) is 25.7 Å². The van der Waals surface area contributed by atoms with Crippen LogP contribution in [-0.2, 0) is 19.0 Å². The zero-order chi connectivity index (χ0) is 15.1. The summed E-state index contributed by atoms with van der Waals surface area (Å²) < 4.78 is 15.8. The molecule has 0 amide bonds. The molecule has 1 unspecified atom stereocenters. The predicted octanol–water partition coefficient (Wildman–Crippen LogP) is 3.58. The van der Waals surface area contributed by atoms with E-state index in [0.29, 0.717) is 45.4 Å². The summed E-state index contributed by atoms with van der Waals surface area (Å²) in [7, 11) is 0. The van der Waals surface area contributed by atoms with Gasteiger partial charge in [0.1, 0.15) is 0 Å². The van der Waals surface area contributed by atoms with Crippen LogP contribution in [0.15, 0.2) is 0 Å². The Morgan fingerprint density at radius 2 is 1.75 bits per heavy atom. The minimum Gasteiger partial charge on any atom is -0.465 e. The molecule has 0 saturated heterocycles. The van der Waals surface area contributed by atoms with Crippen LogP contribution in [0, 0.1) is 5.92 Å². The fraction of sp³-hybridized carbons (Fsp3) is 0.938. The van der Waals surface area contributed by atoms with E-state index < -0.39 is 0 Å². The van der Waals surface area contributed by atoms with Gasteiger partial charge in [-0.25, -0.2) is 0 Å². The maximum Gasteiger partial charge on any atom is 0.305 e. The van der Waals surface area contributed by atoms with Gasteiger partial charge in [-0.2, -0.15) is 0 Å². The summed E-state index contributed by atoms with van der Waals surface area (Å²) in [4.78, 5) is 11.6. The van der Waals surface area contributed by atoms with E-state index in [1.54, 1.807) is 0 Å². The zero-order valence-electron chi connectivity index (χ0n) is 13.5. The van der Waals surface area contributed by atoms with Crippen LogP contribution in [-0.4, -0.2) is 39.0 Å². The second kappa shape index (κ2) is 14.8. The molecule has 0 aromatic carbocycles. The van der Waals surface area contributed by atoms with E-state index in [-0.39, 0.29) is 5.97 Å². The number of hydrogen-bond acceptors (Lipinski definition) is 4. The Balaban J connectivity index is 3.43. The van der Waals surface area contributed by atoms with Crippen molar-refractivity contribution in [2.75, 3.05) is 33.0 Å². The maximum absolute atomic E-state index is 11.6. The van der Waals surface area contributed by atoms with Gasteiger partial charge in [0.2, 0.25) is 0 Å². The predicted molar refractivity (Wildman–Crippen MR) is 80.8 cm³/mol. The number of unbranched alkanes of at least 4 members (excludes halogenated alkanes) is 1. The Morgan fingerprint density at radius 3 is 2.40 bits per heavy atom. The van der Waals surface area contributed by atoms with E-state index in [1.165, 1.54) is 12.8 Å². The smallest absolute Gasteiger partial charge is 0.305 e. The SMILES string of the molecule is CCCCC(CC)COC(=O)CCCOCCOCC. The molecule has 0 rings (SSSR count). The van der Waals surface area contributed by atoms with Crippen LogP contribution in [0.5, 0.6) is 0 Å². The monoisotopic (exact) mass is 288 g/mol. The highest BCUT2D eigenvalue weighted by atomic mass is 16.5. The normalized spacial score (nSPS) is 12.3. The summed E-state index contributed by atoms with van der Waals surface area (Å²) in [5.41, 5.74) is 0. The Hall–Kier alpha value is -0.610. The van der Waals surface area contributed by atoms with E-state index in [9.17, 15) is 4.79 Å². The Bertz CT molecular complexity index is 219. The summed E-state index contributed by atoms with van der Waals surface area (Å²) in [6.07, 6.45) is 5.80. The third-order valence-corrected chi connectivity index (χ3v) is 3.27. The van der Waals surface area contributed by atoms with Gasteiger partial charge >= 0.3 is 5.97 Å². The molecule has 0 heterocycles. The lowest BCUT2D eigenvalue weighted by atomic mass is 10.0. The average molecular weight is 288 g/mol. The topological polar surface area (TPSA) is 44.8 Å². The lowest BCUT2D eigenvalue weighted by Gasteiger charge is -2.14. The first-order chi connectivity index (χ1) is 9.74. The maximum atomic E-state index is 11.6. The van der Waals surface area contributed by atoms with Gasteiger partial charge in [0, 0.05) is 19.6 Å². The first kappa shape index (κ1) is 19.4. The third kappa shape index (κ3) is 12.4. The van der Waals surface area contributed by atoms with Gasteiger partial charge in [-0.3, -0.25) is 4.79 Å². The minimum absolute atomic E-state index is 0.103. The number of carbonyl (C=O) groups is 1. The highest BCUT2D eigenvalue weighted by Gasteiger charge is 2.09. The molecule has 120 valence electrons. The van der Waals surface area contributed by atoms with E-state index in [4.69, 9.17) is 14.2 Å². The van der Waals surface area contributed by atoms with Crippen LogP contribution in [0.1, 0.15) is 59.3 Å². The van der Waals surface area contributed by atoms with Gasteiger partial charge in [0.15, 0.2) is 0 Å². The lowest BCUT2D eigenvalue weighted by molar-refractivity contribution is -0.145. The van der Waals surface area contributed by atoms with Gasteiger partial charge in [0.05, 0.1) is 19.8 Å². The van der Waals surface area contributed by atoms with Crippen LogP contribution < -0.4 is 0 Å². The highest BCUT2D eigenvalue weighted by molar-refractivity contribution is 5.69. The molecule has 0 aliphatic rings. The van der Waals surface area contributed by atoms with Crippen molar-refractivity contribution in [2.24, 2.45) is 5.92 Å². The van der Waals surface area contributed by atoms with Crippen LogP contribution in [0.4, 0.5) is 0 Å². The lowest BCUT2D eigenvalue weighted by Crippen LogP contribution is -2.14. The van der Waals surface area contributed by atoms with Crippen molar-refractivity contribution in [2.45, 2.75) is 59.3 Å². The van der Waals surface area contributed by atoms with Crippen molar-refractivity contribution >= 4 is 5.97 Å². The number of hydrogen-bond donors (Lipinski definition) is 0. The van der Waals surface area contributed by atoms with Crippen molar-refractivity contribution in [3.8, 4) is 0 Å². The Kier molecular flexibility index (Phi) is 14.3. The van der Waals surface area contributed by atoms with E-state index in [0.717, 1.165) is 19.3 Å². The molecule has 1 atom stereocenters. The molecule has 0 bridgehead atoms. The average Bonchev–Trinajstić information content (AvgIpc) is 2.46. The molecule has 20 heavy (non-hydrogen) atoms. The van der Waals surface area contributed by atoms with Crippen molar-refractivity contribution < 1.29 is 19.0 Å². The number of carbonyl (C=O) groups excluding carboxylic acids is 1. The molecular weight excluding hydrogens is 256 g/mol. The number of rotatable bonds is 14. The molecule has 4 heteroatoms. The zero-order valence-corrected chi connectivity index (χ0v) is 13.5. The minimum atomic E-state index is -0.103. The van der Waals surface area contributed by atoms with Crippen LogP contribution in [0.25, 0.3) is 0 Å². The molecule has 0 aromatic heterocycles. The largest absolute Gasteiger partial charge is 0.465 e. The fourth-order valence-electron chi connectivity index (χ4n) is 1.86. The first-order valence-corrected chi connectivity index (χ1v) is 8.05. The third-order valence-electron chi connectivity index (χ3n) is 3.27. The molecular formula is C16H32O4. The van der Waals surface area contributed by atoms with Crippen molar-refractivity contribution in [3.05, 3.63) is 0 Å². The van der Waals surface area contributed by atoms with Gasteiger partial charge in [-0.15, -0.1) is 0 Å². The molecule has 4 nitrogen and oxygen atoms in total. The molecule has 0 aromatic rings. The second-order valence-corrected chi connectivity index (χ2v) is 5.01. The van der Waals surface area contributed by atoms with Gasteiger partial charge < -0.3 is 14.2 Å². The molecule has 0 aliphatic heterocycles. The number of ether oxygens (including phenoxy) is 3. The number of esters is 1. The van der Waals surface area contributed by atoms with Crippen molar-refractivity contribution in [1.29, 1.82) is 0 Å². The highest BCUT2D eigenvalue weighted by Crippen LogP contribution is 2.13. The summed E-state index contributed by atoms with van der Waals surface area (Å²) in [5.74, 6) is 0.412. The first-order valence-electron chi connectivity index (χ1n) is 8.05.